The van der Waals surface area contributed by atoms with Crippen LogP contribution in [0.5, 0.6) is 0 Å². The van der Waals surface area contributed by atoms with Gasteiger partial charge in [0.1, 0.15) is 0 Å². The van der Waals surface area contributed by atoms with Gasteiger partial charge in [-0.2, -0.15) is 13.2 Å². The molecule has 0 saturated heterocycles. The Morgan fingerprint density at radius 3 is 2.53 bits per heavy atom. The molecule has 2 N–H and O–H groups in total. The summed E-state index contributed by atoms with van der Waals surface area (Å²) in [5.74, 6) is 0.329. The van der Waals surface area contributed by atoms with Crippen molar-refractivity contribution in [2.45, 2.75) is 25.1 Å². The van der Waals surface area contributed by atoms with Crippen molar-refractivity contribution < 1.29 is 13.2 Å². The average Bonchev–Trinajstić information content (AvgIpc) is 2.99. The molecule has 1 aromatic heterocycles. The van der Waals surface area contributed by atoms with Crippen LogP contribution in [0.1, 0.15) is 30.0 Å². The minimum absolute atomic E-state index is 0.306. The van der Waals surface area contributed by atoms with Gasteiger partial charge >= 0.3 is 6.18 Å². The van der Waals surface area contributed by atoms with E-state index in [1.54, 1.807) is 0 Å². The van der Waals surface area contributed by atoms with Gasteiger partial charge in [0, 0.05) is 18.4 Å². The monoisotopic (exact) mass is 216 g/mol. The first-order chi connectivity index (χ1) is 6.98. The molecule has 1 aliphatic carbocycles. The Balaban J connectivity index is 2.25. The Hall–Kier alpha value is -1.10. The Morgan fingerprint density at radius 2 is 2.00 bits per heavy atom. The largest absolute Gasteiger partial charge is 0.417 e. The molecule has 0 bridgehead atoms. The molecule has 2 rings (SSSR count). The number of alkyl halides is 3. The molecule has 1 saturated carbocycles. The van der Waals surface area contributed by atoms with E-state index in [0.29, 0.717) is 11.5 Å². The van der Waals surface area contributed by atoms with Crippen molar-refractivity contribution in [3.63, 3.8) is 0 Å². The van der Waals surface area contributed by atoms with E-state index < -0.39 is 11.7 Å². The lowest BCUT2D eigenvalue weighted by molar-refractivity contribution is -0.137. The molecular formula is C10H11F3N2. The van der Waals surface area contributed by atoms with Gasteiger partial charge in [-0.3, -0.25) is 4.98 Å². The Kier molecular flexibility index (Phi) is 2.42. The molecule has 1 unspecified atom stereocenters. The van der Waals surface area contributed by atoms with Crippen LogP contribution in [-0.4, -0.2) is 4.98 Å². The van der Waals surface area contributed by atoms with Gasteiger partial charge in [-0.1, -0.05) is 0 Å². The van der Waals surface area contributed by atoms with E-state index in [4.69, 9.17) is 5.73 Å². The van der Waals surface area contributed by atoms with Gasteiger partial charge < -0.3 is 5.73 Å². The lowest BCUT2D eigenvalue weighted by Gasteiger charge is -2.12. The van der Waals surface area contributed by atoms with Crippen molar-refractivity contribution in [3.05, 3.63) is 29.6 Å². The second-order valence-corrected chi connectivity index (χ2v) is 3.87. The Bertz CT molecular complexity index is 358. The standard InChI is InChI=1S/C10H11F3N2/c11-10(12,13)8-3-7(4-15-5-8)9(14)6-1-2-6/h3-6,9H,1-2,14H2. The van der Waals surface area contributed by atoms with Crippen molar-refractivity contribution in [1.82, 2.24) is 4.98 Å². The van der Waals surface area contributed by atoms with Crippen LogP contribution in [0.3, 0.4) is 0 Å². The third-order valence-corrected chi connectivity index (χ3v) is 2.60. The fraction of sp³-hybridized carbons (Fsp3) is 0.500. The molecule has 1 aliphatic rings. The fourth-order valence-electron chi connectivity index (χ4n) is 1.52. The van der Waals surface area contributed by atoms with Crippen molar-refractivity contribution in [2.24, 2.45) is 11.7 Å². The summed E-state index contributed by atoms with van der Waals surface area (Å²) in [5.41, 5.74) is 5.56. The van der Waals surface area contributed by atoms with Crippen LogP contribution < -0.4 is 5.73 Å². The van der Waals surface area contributed by atoms with Crippen LogP contribution in [-0.2, 0) is 6.18 Å². The lowest BCUT2D eigenvalue weighted by atomic mass is 10.0. The summed E-state index contributed by atoms with van der Waals surface area (Å²) < 4.78 is 37.1. The topological polar surface area (TPSA) is 38.9 Å². The van der Waals surface area contributed by atoms with Crippen LogP contribution >= 0.6 is 0 Å². The van der Waals surface area contributed by atoms with Gasteiger partial charge in [-0.05, 0) is 30.4 Å². The number of aromatic nitrogens is 1. The first-order valence-electron chi connectivity index (χ1n) is 4.76. The number of pyridine rings is 1. The van der Waals surface area contributed by atoms with Gasteiger partial charge in [0.15, 0.2) is 0 Å². The summed E-state index contributed by atoms with van der Waals surface area (Å²) >= 11 is 0. The molecule has 1 aromatic rings. The Labute approximate surface area is 85.3 Å². The smallest absolute Gasteiger partial charge is 0.324 e. The molecule has 15 heavy (non-hydrogen) atoms. The van der Waals surface area contributed by atoms with E-state index in [-0.39, 0.29) is 6.04 Å². The highest BCUT2D eigenvalue weighted by Gasteiger charge is 2.34. The van der Waals surface area contributed by atoms with Gasteiger partial charge in [0.05, 0.1) is 5.56 Å². The number of nitrogens with two attached hydrogens (primary N) is 1. The summed E-state index contributed by atoms with van der Waals surface area (Å²) in [4.78, 5) is 3.58. The molecule has 5 heteroatoms. The number of hydrogen-bond donors (Lipinski definition) is 1. The van der Waals surface area contributed by atoms with Crippen LogP contribution in [0.4, 0.5) is 13.2 Å². The predicted molar refractivity (Wildman–Crippen MR) is 48.9 cm³/mol. The van der Waals surface area contributed by atoms with Crippen molar-refractivity contribution >= 4 is 0 Å². The maximum atomic E-state index is 12.4. The van der Waals surface area contributed by atoms with Crippen molar-refractivity contribution in [1.29, 1.82) is 0 Å². The summed E-state index contributed by atoms with van der Waals surface area (Å²) in [5, 5.41) is 0. The maximum Gasteiger partial charge on any atom is 0.417 e. The van der Waals surface area contributed by atoms with Crippen molar-refractivity contribution in [3.8, 4) is 0 Å². The quantitative estimate of drug-likeness (QED) is 0.824. The van der Waals surface area contributed by atoms with E-state index >= 15 is 0 Å². The normalized spacial score (nSPS) is 18.9. The second-order valence-electron chi connectivity index (χ2n) is 3.87. The van der Waals surface area contributed by atoms with Crippen molar-refractivity contribution in [2.75, 3.05) is 0 Å². The molecule has 0 aromatic carbocycles. The number of rotatable bonds is 2. The van der Waals surface area contributed by atoms with E-state index in [1.165, 1.54) is 6.20 Å². The first-order valence-corrected chi connectivity index (χ1v) is 4.76. The highest BCUT2D eigenvalue weighted by molar-refractivity contribution is 5.24. The van der Waals surface area contributed by atoms with Gasteiger partial charge in [0.2, 0.25) is 0 Å². The third-order valence-electron chi connectivity index (χ3n) is 2.60. The number of halogens is 3. The molecule has 1 atom stereocenters. The van der Waals surface area contributed by atoms with E-state index in [0.717, 1.165) is 25.1 Å². The third kappa shape index (κ3) is 2.28. The average molecular weight is 216 g/mol. The lowest BCUT2D eigenvalue weighted by Crippen LogP contribution is -2.14. The molecule has 1 heterocycles. The highest BCUT2D eigenvalue weighted by atomic mass is 19.4. The van der Waals surface area contributed by atoms with E-state index in [9.17, 15) is 13.2 Å². The number of hydrogen-bond acceptors (Lipinski definition) is 2. The van der Waals surface area contributed by atoms with Crippen LogP contribution in [0, 0.1) is 5.92 Å². The van der Waals surface area contributed by atoms with Gasteiger partial charge in [0.25, 0.3) is 0 Å². The molecule has 0 radical (unpaired) electrons. The number of nitrogens with zero attached hydrogens (tertiary/aromatic N) is 1. The first kappa shape index (κ1) is 10.4. The molecule has 0 spiro atoms. The van der Waals surface area contributed by atoms with Crippen LogP contribution in [0.2, 0.25) is 0 Å². The fourth-order valence-corrected chi connectivity index (χ4v) is 1.52. The van der Waals surface area contributed by atoms with Crippen LogP contribution in [0.15, 0.2) is 18.5 Å². The van der Waals surface area contributed by atoms with Gasteiger partial charge in [-0.15, -0.1) is 0 Å². The van der Waals surface area contributed by atoms with Crippen LogP contribution in [0.25, 0.3) is 0 Å². The zero-order valence-electron chi connectivity index (χ0n) is 7.96. The molecule has 0 aliphatic heterocycles. The molecule has 0 amide bonds. The predicted octanol–water partition coefficient (Wildman–Crippen LogP) is 2.51. The van der Waals surface area contributed by atoms with Gasteiger partial charge in [-0.25, -0.2) is 0 Å². The zero-order valence-corrected chi connectivity index (χ0v) is 7.96. The molecule has 82 valence electrons. The maximum absolute atomic E-state index is 12.4. The summed E-state index contributed by atoms with van der Waals surface area (Å²) in [6.45, 7) is 0. The zero-order chi connectivity index (χ0) is 11.1. The second kappa shape index (κ2) is 3.48. The summed E-state index contributed by atoms with van der Waals surface area (Å²) in [7, 11) is 0. The van der Waals surface area contributed by atoms with E-state index in [1.807, 2.05) is 0 Å². The minimum atomic E-state index is -4.34. The van der Waals surface area contributed by atoms with E-state index in [2.05, 4.69) is 4.98 Å². The molecule has 1 fully saturated rings. The minimum Gasteiger partial charge on any atom is -0.324 e. The summed E-state index contributed by atoms with van der Waals surface area (Å²) in [6.07, 6.45) is -0.109. The molecular weight excluding hydrogens is 205 g/mol. The molecule has 2 nitrogen and oxygen atoms in total. The summed E-state index contributed by atoms with van der Waals surface area (Å²) in [6, 6.07) is 0.787. The highest BCUT2D eigenvalue weighted by Crippen LogP contribution is 2.40. The Morgan fingerprint density at radius 1 is 1.33 bits per heavy atom. The SMILES string of the molecule is NC(c1cncc(C(F)(F)F)c1)C1CC1.